The number of thioether (sulfide) groups is 1. The topological polar surface area (TPSA) is 120 Å². The second-order valence-electron chi connectivity index (χ2n) is 5.61. The molecule has 27 heavy (non-hydrogen) atoms. The van der Waals surface area contributed by atoms with E-state index in [0.29, 0.717) is 16.9 Å². The third kappa shape index (κ3) is 4.70. The Kier molecular flexibility index (Phi) is 7.05. The van der Waals surface area contributed by atoms with E-state index in [1.54, 1.807) is 12.1 Å². The highest BCUT2D eigenvalue weighted by Gasteiger charge is 2.21. The van der Waals surface area contributed by atoms with Gasteiger partial charge in [-0.25, -0.2) is 9.48 Å². The van der Waals surface area contributed by atoms with E-state index < -0.39 is 30.0 Å². The Labute approximate surface area is 159 Å². The van der Waals surface area contributed by atoms with Crippen molar-refractivity contribution in [3.05, 3.63) is 28.7 Å². The third-order valence-corrected chi connectivity index (χ3v) is 4.54. The summed E-state index contributed by atoms with van der Waals surface area (Å²) >= 11 is 1.48. The molecule has 0 aliphatic carbocycles. The minimum Gasteiger partial charge on any atom is -0.493 e. The average molecular weight is 395 g/mol. The molecule has 1 heterocycles. The zero-order valence-electron chi connectivity index (χ0n) is 15.2. The van der Waals surface area contributed by atoms with Crippen LogP contribution in [0.25, 0.3) is 10.8 Å². The molecule has 2 rings (SSSR count). The minimum atomic E-state index is -1.12. The number of fused-ring (bicyclic) bond motifs is 1. The molecule has 0 bridgehead atoms. The molecular formula is C17H21N3O6S. The molecule has 1 aromatic heterocycles. The van der Waals surface area contributed by atoms with E-state index in [1.807, 2.05) is 6.26 Å². The number of carboxylic acids is 1. The number of methoxy groups -OCH3 is 2. The Morgan fingerprint density at radius 3 is 2.67 bits per heavy atom. The number of hydrogen-bond acceptors (Lipinski definition) is 7. The van der Waals surface area contributed by atoms with Crippen molar-refractivity contribution in [3.63, 3.8) is 0 Å². The van der Waals surface area contributed by atoms with Crippen molar-refractivity contribution in [2.45, 2.75) is 19.0 Å². The number of amides is 1. The van der Waals surface area contributed by atoms with Gasteiger partial charge in [0.25, 0.3) is 5.56 Å². The standard InChI is InChI=1S/C17H21N3O6S/c1-25-12-5-4-10-8-18-20(16(22)14(10)15(12)26-2)9-13(21)19-11(17(23)24)6-7-27-3/h4-5,8,11H,6-7,9H2,1-3H3,(H,19,21)(H,23,24)/t11-/m0/s1. The summed E-state index contributed by atoms with van der Waals surface area (Å²) in [7, 11) is 2.87. The van der Waals surface area contributed by atoms with Crippen LogP contribution < -0.4 is 20.3 Å². The predicted molar refractivity (Wildman–Crippen MR) is 102 cm³/mol. The van der Waals surface area contributed by atoms with Crippen molar-refractivity contribution < 1.29 is 24.2 Å². The van der Waals surface area contributed by atoms with Crippen LogP contribution in [0.1, 0.15) is 6.42 Å². The van der Waals surface area contributed by atoms with Crippen LogP contribution >= 0.6 is 11.8 Å². The zero-order valence-corrected chi connectivity index (χ0v) is 16.0. The Morgan fingerprint density at radius 2 is 2.07 bits per heavy atom. The molecule has 0 aliphatic heterocycles. The number of carboxylic acid groups (broad SMARTS) is 1. The number of benzene rings is 1. The van der Waals surface area contributed by atoms with Crippen molar-refractivity contribution in [1.82, 2.24) is 15.1 Å². The molecule has 0 fully saturated rings. The van der Waals surface area contributed by atoms with E-state index in [4.69, 9.17) is 9.47 Å². The summed E-state index contributed by atoms with van der Waals surface area (Å²) < 4.78 is 11.4. The molecule has 0 saturated carbocycles. The minimum absolute atomic E-state index is 0.233. The molecule has 2 aromatic rings. The Balaban J connectivity index is 2.31. The molecule has 0 aliphatic rings. The SMILES string of the molecule is COc1ccc2cnn(CC(=O)N[C@@H](CCSC)C(=O)O)c(=O)c2c1OC. The van der Waals surface area contributed by atoms with Gasteiger partial charge < -0.3 is 19.9 Å². The quantitative estimate of drug-likeness (QED) is 0.638. The number of hydrogen-bond donors (Lipinski definition) is 2. The second kappa shape index (κ2) is 9.26. The summed E-state index contributed by atoms with van der Waals surface area (Å²) in [6.07, 6.45) is 3.57. The first kappa shape index (κ1) is 20.6. The van der Waals surface area contributed by atoms with Crippen molar-refractivity contribution in [1.29, 1.82) is 0 Å². The summed E-state index contributed by atoms with van der Waals surface area (Å²) in [5.74, 6) is -0.517. The van der Waals surface area contributed by atoms with Crippen LogP contribution in [0.5, 0.6) is 11.5 Å². The van der Waals surface area contributed by atoms with Crippen molar-refractivity contribution in [2.75, 3.05) is 26.2 Å². The smallest absolute Gasteiger partial charge is 0.326 e. The number of carbonyl (C=O) groups is 2. The molecular weight excluding hydrogens is 374 g/mol. The van der Waals surface area contributed by atoms with Crippen LogP contribution in [-0.4, -0.2) is 59.0 Å². The Bertz CT molecular complexity index is 898. The number of nitrogens with zero attached hydrogens (tertiary/aromatic N) is 2. The summed E-state index contributed by atoms with van der Waals surface area (Å²) in [4.78, 5) is 36.2. The first-order valence-electron chi connectivity index (χ1n) is 8.04. The second-order valence-corrected chi connectivity index (χ2v) is 6.60. The van der Waals surface area contributed by atoms with E-state index in [0.717, 1.165) is 4.68 Å². The molecule has 0 saturated heterocycles. The van der Waals surface area contributed by atoms with Gasteiger partial charge in [0.05, 0.1) is 25.8 Å². The maximum Gasteiger partial charge on any atom is 0.326 e. The van der Waals surface area contributed by atoms with E-state index in [1.165, 1.54) is 32.2 Å². The number of aliphatic carboxylic acids is 1. The van der Waals surface area contributed by atoms with E-state index >= 15 is 0 Å². The van der Waals surface area contributed by atoms with Crippen LogP contribution in [0, 0.1) is 0 Å². The molecule has 10 heteroatoms. The highest BCUT2D eigenvalue weighted by molar-refractivity contribution is 7.98. The highest BCUT2D eigenvalue weighted by atomic mass is 32.2. The van der Waals surface area contributed by atoms with E-state index in [-0.39, 0.29) is 17.6 Å². The van der Waals surface area contributed by atoms with Crippen LogP contribution in [-0.2, 0) is 16.1 Å². The molecule has 1 atom stereocenters. The lowest BCUT2D eigenvalue weighted by molar-refractivity contribution is -0.142. The summed E-state index contributed by atoms with van der Waals surface area (Å²) in [6.45, 7) is -0.405. The largest absolute Gasteiger partial charge is 0.493 e. The fourth-order valence-corrected chi connectivity index (χ4v) is 3.04. The first-order valence-corrected chi connectivity index (χ1v) is 9.44. The van der Waals surface area contributed by atoms with Crippen molar-refractivity contribution in [3.8, 4) is 11.5 Å². The van der Waals surface area contributed by atoms with Gasteiger partial charge in [-0.1, -0.05) is 0 Å². The molecule has 146 valence electrons. The maximum absolute atomic E-state index is 12.8. The fourth-order valence-electron chi connectivity index (χ4n) is 2.57. The Morgan fingerprint density at radius 1 is 1.33 bits per heavy atom. The number of ether oxygens (including phenoxy) is 2. The van der Waals surface area contributed by atoms with Gasteiger partial charge in [-0.15, -0.1) is 0 Å². The number of carbonyl (C=O) groups excluding carboxylic acids is 1. The van der Waals surface area contributed by atoms with E-state index in [2.05, 4.69) is 10.4 Å². The maximum atomic E-state index is 12.8. The summed E-state index contributed by atoms with van der Waals surface area (Å²) in [5.41, 5.74) is -0.533. The van der Waals surface area contributed by atoms with Crippen molar-refractivity contribution >= 4 is 34.4 Å². The molecule has 0 radical (unpaired) electrons. The molecule has 1 aromatic carbocycles. The lowest BCUT2D eigenvalue weighted by atomic mass is 10.1. The zero-order chi connectivity index (χ0) is 20.0. The highest BCUT2D eigenvalue weighted by Crippen LogP contribution is 2.32. The number of nitrogens with one attached hydrogen (secondary N) is 1. The van der Waals surface area contributed by atoms with Crippen molar-refractivity contribution in [2.24, 2.45) is 0 Å². The lowest BCUT2D eigenvalue weighted by Crippen LogP contribution is -2.44. The van der Waals surface area contributed by atoms with Gasteiger partial charge in [0.15, 0.2) is 11.5 Å². The van der Waals surface area contributed by atoms with Gasteiger partial charge >= 0.3 is 5.97 Å². The van der Waals surface area contributed by atoms with Gasteiger partial charge in [0, 0.05) is 5.39 Å². The Hall–Kier alpha value is -2.75. The average Bonchev–Trinajstić information content (AvgIpc) is 2.66. The molecule has 9 nitrogen and oxygen atoms in total. The molecule has 0 unspecified atom stereocenters. The summed E-state index contributed by atoms with van der Waals surface area (Å²) in [6, 6.07) is 2.30. The molecule has 1 amide bonds. The van der Waals surface area contributed by atoms with Gasteiger partial charge in [0.2, 0.25) is 5.91 Å². The molecule has 0 spiro atoms. The van der Waals surface area contributed by atoms with Gasteiger partial charge in [-0.05, 0) is 30.6 Å². The number of rotatable bonds is 9. The fraction of sp³-hybridized carbons (Fsp3) is 0.412. The van der Waals surface area contributed by atoms with Crippen LogP contribution in [0.2, 0.25) is 0 Å². The van der Waals surface area contributed by atoms with Gasteiger partial charge in [0.1, 0.15) is 12.6 Å². The normalized spacial score (nSPS) is 11.8. The van der Waals surface area contributed by atoms with Crippen LogP contribution in [0.4, 0.5) is 0 Å². The monoisotopic (exact) mass is 395 g/mol. The number of aromatic nitrogens is 2. The summed E-state index contributed by atoms with van der Waals surface area (Å²) in [5, 5.41) is 16.4. The first-order chi connectivity index (χ1) is 12.9. The van der Waals surface area contributed by atoms with Gasteiger partial charge in [-0.2, -0.15) is 16.9 Å². The third-order valence-electron chi connectivity index (χ3n) is 3.90. The van der Waals surface area contributed by atoms with Crippen LogP contribution in [0.15, 0.2) is 23.1 Å². The van der Waals surface area contributed by atoms with Gasteiger partial charge in [-0.3, -0.25) is 9.59 Å². The van der Waals surface area contributed by atoms with E-state index in [9.17, 15) is 19.5 Å². The lowest BCUT2D eigenvalue weighted by Gasteiger charge is -2.15. The predicted octanol–water partition coefficient (Wildman–Crippen LogP) is 0.736. The van der Waals surface area contributed by atoms with Crippen LogP contribution in [0.3, 0.4) is 0 Å². The molecule has 2 N–H and O–H groups in total.